The summed E-state index contributed by atoms with van der Waals surface area (Å²) < 4.78 is 2.89. The molecular weight excluding hydrogens is 237 g/mol. The fourth-order valence-corrected chi connectivity index (χ4v) is 3.65. The number of fused-ring (bicyclic) bond motifs is 2. The van der Waals surface area contributed by atoms with Crippen LogP contribution in [0.1, 0.15) is 0 Å². The Balaban J connectivity index is 2.12. The number of hydrogen-bond donors (Lipinski definition) is 1. The molecule has 1 nitrogen and oxygen atoms in total. The predicted octanol–water partition coefficient (Wildman–Crippen LogP) is 1.40. The van der Waals surface area contributed by atoms with Crippen molar-refractivity contribution in [1.29, 1.82) is 0 Å². The Morgan fingerprint density at radius 1 is 0.714 bits per heavy atom. The third kappa shape index (κ3) is 1.24. The van der Waals surface area contributed by atoms with Crippen LogP contribution in [0.3, 0.4) is 0 Å². The molecule has 1 aliphatic rings. The summed E-state index contributed by atoms with van der Waals surface area (Å²) in [7, 11) is 0. The number of para-hydroxylation sites is 2. The molecule has 0 aliphatic carbocycles. The van der Waals surface area contributed by atoms with Gasteiger partial charge in [0, 0.05) is 0 Å². The first-order valence-corrected chi connectivity index (χ1v) is 6.28. The first-order chi connectivity index (χ1) is 6.93. The molecule has 0 spiro atoms. The van der Waals surface area contributed by atoms with Crippen LogP contribution in [0.25, 0.3) is 0 Å². The van der Waals surface area contributed by atoms with Crippen LogP contribution < -0.4 is 14.2 Å². The molecule has 3 rings (SSSR count). The predicted molar refractivity (Wildman–Crippen MR) is 61.2 cm³/mol. The van der Waals surface area contributed by atoms with Gasteiger partial charge < -0.3 is 0 Å². The molecule has 2 aromatic rings. The van der Waals surface area contributed by atoms with Crippen LogP contribution in [0.5, 0.6) is 0 Å². The van der Waals surface area contributed by atoms with Crippen LogP contribution in [0.4, 0.5) is 11.4 Å². The zero-order chi connectivity index (χ0) is 9.38. The molecule has 68 valence electrons. The van der Waals surface area contributed by atoms with E-state index in [9.17, 15) is 0 Å². The van der Waals surface area contributed by atoms with Gasteiger partial charge in [-0.05, 0) is 0 Å². The third-order valence-electron chi connectivity index (χ3n) is 2.26. The first-order valence-electron chi connectivity index (χ1n) is 4.56. The number of benzene rings is 2. The minimum atomic E-state index is 0.457. The Labute approximate surface area is 89.3 Å². The molecule has 0 aromatic heterocycles. The van der Waals surface area contributed by atoms with E-state index in [-0.39, 0.29) is 0 Å². The Hall–Kier alpha value is -1.24. The first kappa shape index (κ1) is 8.10. The monoisotopic (exact) mass is 247 g/mol. The number of nitrogens with one attached hydrogen (secondary N) is 1. The van der Waals surface area contributed by atoms with Gasteiger partial charge in [0.2, 0.25) is 0 Å². The van der Waals surface area contributed by atoms with Crippen molar-refractivity contribution in [3.05, 3.63) is 48.5 Å². The zero-order valence-corrected chi connectivity index (χ0v) is 9.24. The molecule has 0 atom stereocenters. The molecule has 1 aliphatic heterocycles. The molecule has 0 unspecified atom stereocenters. The standard InChI is InChI=1S/C12H9NSe/c1-3-7-11-9(5-1)13-10-6-2-4-8-12(10)14-11/h1-8,13H. The molecule has 1 heterocycles. The quantitative estimate of drug-likeness (QED) is 0.591. The van der Waals surface area contributed by atoms with Crippen LogP contribution in [-0.4, -0.2) is 15.0 Å². The number of rotatable bonds is 0. The van der Waals surface area contributed by atoms with Gasteiger partial charge in [-0.25, -0.2) is 0 Å². The Morgan fingerprint density at radius 3 is 1.79 bits per heavy atom. The molecule has 0 bridgehead atoms. The maximum atomic E-state index is 3.46. The van der Waals surface area contributed by atoms with Crippen LogP contribution in [-0.2, 0) is 0 Å². The minimum absolute atomic E-state index is 0.457. The van der Waals surface area contributed by atoms with E-state index in [1.54, 1.807) is 0 Å². The molecule has 2 heteroatoms. The van der Waals surface area contributed by atoms with Gasteiger partial charge in [-0.15, -0.1) is 0 Å². The second-order valence-electron chi connectivity index (χ2n) is 3.22. The van der Waals surface area contributed by atoms with E-state index in [1.807, 2.05) is 0 Å². The summed E-state index contributed by atoms with van der Waals surface area (Å²) >= 11 is 0.457. The molecule has 0 radical (unpaired) electrons. The summed E-state index contributed by atoms with van der Waals surface area (Å²) in [5.74, 6) is 0. The second kappa shape index (κ2) is 3.16. The average molecular weight is 246 g/mol. The van der Waals surface area contributed by atoms with Crippen LogP contribution in [0, 0.1) is 0 Å². The van der Waals surface area contributed by atoms with E-state index < -0.39 is 0 Å². The fourth-order valence-electron chi connectivity index (χ4n) is 1.58. The summed E-state index contributed by atoms with van der Waals surface area (Å²) in [6, 6.07) is 17.1. The average Bonchev–Trinajstić information content (AvgIpc) is 2.26. The van der Waals surface area contributed by atoms with Crippen molar-refractivity contribution >= 4 is 35.3 Å². The molecule has 1 N–H and O–H groups in total. The van der Waals surface area contributed by atoms with Crippen molar-refractivity contribution in [3.8, 4) is 0 Å². The van der Waals surface area contributed by atoms with Gasteiger partial charge in [0.05, 0.1) is 0 Å². The SMILES string of the molecule is c1ccc2c(c1)Nc1ccccc1[Se]2. The summed E-state index contributed by atoms with van der Waals surface area (Å²) in [6.45, 7) is 0. The normalized spacial score (nSPS) is 12.6. The van der Waals surface area contributed by atoms with Crippen molar-refractivity contribution in [1.82, 2.24) is 0 Å². The number of hydrogen-bond acceptors (Lipinski definition) is 1. The van der Waals surface area contributed by atoms with Crippen molar-refractivity contribution in [2.75, 3.05) is 5.32 Å². The molecule has 2 aromatic carbocycles. The van der Waals surface area contributed by atoms with E-state index in [1.165, 1.54) is 20.3 Å². The molecule has 14 heavy (non-hydrogen) atoms. The Bertz CT molecular complexity index is 392. The Morgan fingerprint density at radius 2 is 1.21 bits per heavy atom. The Kier molecular flexibility index (Phi) is 1.83. The molecule has 0 saturated heterocycles. The summed E-state index contributed by atoms with van der Waals surface area (Å²) in [6.07, 6.45) is 0. The number of anilines is 2. The molecule has 0 amide bonds. The fraction of sp³-hybridized carbons (Fsp3) is 0. The van der Waals surface area contributed by atoms with Gasteiger partial charge in [-0.2, -0.15) is 0 Å². The van der Waals surface area contributed by atoms with E-state index in [0.29, 0.717) is 15.0 Å². The molecule has 0 fully saturated rings. The van der Waals surface area contributed by atoms with Gasteiger partial charge in [-0.1, -0.05) is 0 Å². The van der Waals surface area contributed by atoms with E-state index in [2.05, 4.69) is 53.8 Å². The summed E-state index contributed by atoms with van der Waals surface area (Å²) in [5.41, 5.74) is 2.54. The van der Waals surface area contributed by atoms with Crippen molar-refractivity contribution < 1.29 is 0 Å². The maximum absolute atomic E-state index is 3.46. The van der Waals surface area contributed by atoms with Crippen LogP contribution >= 0.6 is 0 Å². The summed E-state index contributed by atoms with van der Waals surface area (Å²) in [4.78, 5) is 0. The van der Waals surface area contributed by atoms with Gasteiger partial charge in [0.25, 0.3) is 0 Å². The van der Waals surface area contributed by atoms with Gasteiger partial charge in [0.1, 0.15) is 0 Å². The van der Waals surface area contributed by atoms with Crippen LogP contribution in [0.2, 0.25) is 0 Å². The van der Waals surface area contributed by atoms with Crippen molar-refractivity contribution in [3.63, 3.8) is 0 Å². The van der Waals surface area contributed by atoms with Crippen molar-refractivity contribution in [2.45, 2.75) is 0 Å². The van der Waals surface area contributed by atoms with E-state index in [0.717, 1.165) is 0 Å². The van der Waals surface area contributed by atoms with Crippen LogP contribution in [0.15, 0.2) is 48.5 Å². The topological polar surface area (TPSA) is 12.0 Å². The van der Waals surface area contributed by atoms with E-state index in [4.69, 9.17) is 0 Å². The third-order valence-corrected chi connectivity index (χ3v) is 4.68. The van der Waals surface area contributed by atoms with Gasteiger partial charge >= 0.3 is 89.1 Å². The van der Waals surface area contributed by atoms with E-state index >= 15 is 0 Å². The van der Waals surface area contributed by atoms with Gasteiger partial charge in [-0.3, -0.25) is 0 Å². The molecule has 0 saturated carbocycles. The van der Waals surface area contributed by atoms with Gasteiger partial charge in [0.15, 0.2) is 0 Å². The molecular formula is C12H9NSe. The second-order valence-corrected chi connectivity index (χ2v) is 5.49. The zero-order valence-electron chi connectivity index (χ0n) is 7.53. The summed E-state index contributed by atoms with van der Waals surface area (Å²) in [5, 5.41) is 3.46. The van der Waals surface area contributed by atoms with Crippen molar-refractivity contribution in [2.24, 2.45) is 0 Å².